The minimum Gasteiger partial charge on any atom is -0.324 e. The van der Waals surface area contributed by atoms with E-state index < -0.39 is 10.8 Å². The van der Waals surface area contributed by atoms with E-state index in [-0.39, 0.29) is 11.3 Å². The van der Waals surface area contributed by atoms with Crippen LogP contribution in [-0.4, -0.2) is 54.4 Å². The lowest BCUT2D eigenvalue weighted by Gasteiger charge is -2.20. The zero-order valence-corrected chi connectivity index (χ0v) is 13.7. The van der Waals surface area contributed by atoms with Crippen LogP contribution in [0, 0.1) is 0 Å². The average molecular weight is 339 g/mol. The summed E-state index contributed by atoms with van der Waals surface area (Å²) in [5.41, 5.74) is 1.31. The first-order valence-electron chi connectivity index (χ1n) is 7.01. The van der Waals surface area contributed by atoms with Gasteiger partial charge in [-0.2, -0.15) is 5.10 Å². The van der Waals surface area contributed by atoms with E-state index in [1.54, 1.807) is 17.3 Å². The fourth-order valence-electron chi connectivity index (χ4n) is 2.27. The molecule has 118 valence electrons. The Morgan fingerprint density at radius 3 is 3.18 bits per heavy atom. The second kappa shape index (κ2) is 6.57. The van der Waals surface area contributed by atoms with Crippen molar-refractivity contribution in [3.63, 3.8) is 0 Å². The van der Waals surface area contributed by atoms with Crippen molar-refractivity contribution in [2.45, 2.75) is 18.6 Å². The van der Waals surface area contributed by atoms with Gasteiger partial charge < -0.3 is 10.2 Å². The van der Waals surface area contributed by atoms with Crippen molar-refractivity contribution in [3.05, 3.63) is 17.8 Å². The van der Waals surface area contributed by atoms with Crippen molar-refractivity contribution in [2.75, 3.05) is 24.2 Å². The molecule has 1 aliphatic rings. The summed E-state index contributed by atoms with van der Waals surface area (Å²) in [6.07, 6.45) is 4.04. The quantitative estimate of drug-likeness (QED) is 0.874. The molecule has 0 bridgehead atoms. The van der Waals surface area contributed by atoms with E-state index in [9.17, 15) is 9.00 Å². The van der Waals surface area contributed by atoms with E-state index in [4.69, 9.17) is 0 Å². The van der Waals surface area contributed by atoms with Crippen LogP contribution in [0.3, 0.4) is 0 Å². The fourth-order valence-corrected chi connectivity index (χ4v) is 4.09. The minimum atomic E-state index is -0.855. The molecular formula is C13H17N5O2S2. The van der Waals surface area contributed by atoms with Crippen molar-refractivity contribution >= 4 is 33.9 Å². The Balaban J connectivity index is 1.70. The van der Waals surface area contributed by atoms with Crippen LogP contribution >= 0.6 is 11.3 Å². The summed E-state index contributed by atoms with van der Waals surface area (Å²) < 4.78 is 11.8. The highest BCUT2D eigenvalue weighted by molar-refractivity contribution is 7.85. The molecule has 2 unspecified atom stereocenters. The van der Waals surface area contributed by atoms with Crippen LogP contribution in [0.2, 0.25) is 0 Å². The van der Waals surface area contributed by atoms with Gasteiger partial charge in [-0.3, -0.25) is 9.31 Å². The van der Waals surface area contributed by atoms with Crippen LogP contribution in [0.5, 0.6) is 0 Å². The van der Waals surface area contributed by atoms with E-state index in [1.165, 1.54) is 11.3 Å². The highest BCUT2D eigenvalue weighted by Crippen LogP contribution is 2.27. The van der Waals surface area contributed by atoms with Gasteiger partial charge in [-0.05, 0) is 6.42 Å². The Bertz CT molecular complexity index is 670. The Kier molecular flexibility index (Phi) is 4.53. The minimum absolute atomic E-state index is 0.137. The maximum absolute atomic E-state index is 12.4. The monoisotopic (exact) mass is 339 g/mol. The van der Waals surface area contributed by atoms with E-state index in [0.29, 0.717) is 30.2 Å². The average Bonchev–Trinajstić information content (AvgIpc) is 3.14. The number of carbonyl (C=O) groups is 1. The summed E-state index contributed by atoms with van der Waals surface area (Å²) in [5.74, 6) is 0.527. The number of nitrogens with one attached hydrogen (secondary N) is 2. The molecule has 9 heteroatoms. The van der Waals surface area contributed by atoms with E-state index in [1.807, 2.05) is 12.3 Å². The first kappa shape index (κ1) is 15.2. The molecule has 0 radical (unpaired) electrons. The Labute approximate surface area is 134 Å². The Morgan fingerprint density at radius 2 is 2.41 bits per heavy atom. The summed E-state index contributed by atoms with van der Waals surface area (Å²) in [6.45, 7) is 3.09. The van der Waals surface area contributed by atoms with E-state index >= 15 is 0 Å². The summed E-state index contributed by atoms with van der Waals surface area (Å²) in [4.78, 5) is 18.3. The first-order valence-corrected chi connectivity index (χ1v) is 9.27. The predicted molar refractivity (Wildman–Crippen MR) is 87.4 cm³/mol. The fraction of sp³-hybridized carbons (Fsp3) is 0.462. The number of hydrogen-bond donors (Lipinski definition) is 2. The Hall–Kier alpha value is -1.74. The zero-order valence-electron chi connectivity index (χ0n) is 12.1. The molecule has 2 aromatic rings. The zero-order chi connectivity index (χ0) is 15.5. The van der Waals surface area contributed by atoms with Gasteiger partial charge in [-0.25, -0.2) is 9.78 Å². The summed E-state index contributed by atoms with van der Waals surface area (Å²) >= 11 is 1.47. The Morgan fingerprint density at radius 1 is 1.55 bits per heavy atom. The van der Waals surface area contributed by atoms with Gasteiger partial charge in [-0.1, -0.05) is 6.92 Å². The molecule has 0 spiro atoms. The summed E-state index contributed by atoms with van der Waals surface area (Å²) in [6, 6.07) is -0.190. The van der Waals surface area contributed by atoms with Crippen molar-refractivity contribution in [1.29, 1.82) is 0 Å². The number of thiazole rings is 1. The van der Waals surface area contributed by atoms with Gasteiger partial charge in [0, 0.05) is 46.5 Å². The maximum atomic E-state index is 12.4. The molecule has 2 N–H and O–H groups in total. The number of H-pyrrole nitrogens is 1. The summed E-state index contributed by atoms with van der Waals surface area (Å²) in [7, 11) is -0.855. The van der Waals surface area contributed by atoms with Gasteiger partial charge in [-0.15, -0.1) is 11.3 Å². The second-order valence-electron chi connectivity index (χ2n) is 5.10. The number of aromatic nitrogens is 3. The molecule has 22 heavy (non-hydrogen) atoms. The van der Waals surface area contributed by atoms with Crippen LogP contribution in [0.25, 0.3) is 10.7 Å². The first-order chi connectivity index (χ1) is 10.6. The molecule has 2 atom stereocenters. The van der Waals surface area contributed by atoms with Gasteiger partial charge in [0.2, 0.25) is 0 Å². The highest BCUT2D eigenvalue weighted by Gasteiger charge is 2.23. The third kappa shape index (κ3) is 3.20. The van der Waals surface area contributed by atoms with Gasteiger partial charge in [0.1, 0.15) is 10.7 Å². The van der Waals surface area contributed by atoms with Crippen molar-refractivity contribution < 1.29 is 9.00 Å². The standard InChI is InChI=1S/C13H17N5O2S2/c1-9-2-4-18(5-7-22(9)20)13(19)16-10-8-15-17-11(10)12-14-3-6-21-12/h3,6,8-9H,2,4-5,7H2,1H3,(H,15,17)(H,16,19). The third-order valence-electron chi connectivity index (χ3n) is 3.63. The number of carbonyl (C=O) groups excluding carboxylic acids is 1. The highest BCUT2D eigenvalue weighted by atomic mass is 32.2. The molecule has 1 aliphatic heterocycles. The molecule has 2 amide bonds. The molecular weight excluding hydrogens is 322 g/mol. The van der Waals surface area contributed by atoms with Gasteiger partial charge >= 0.3 is 6.03 Å². The number of anilines is 1. The lowest BCUT2D eigenvalue weighted by atomic mass is 10.3. The predicted octanol–water partition coefficient (Wildman–Crippen LogP) is 1.91. The number of urea groups is 1. The normalized spacial score (nSPS) is 22.3. The number of amides is 2. The largest absolute Gasteiger partial charge is 0.324 e. The van der Waals surface area contributed by atoms with Crippen LogP contribution in [0.4, 0.5) is 10.5 Å². The van der Waals surface area contributed by atoms with Gasteiger partial charge in [0.15, 0.2) is 0 Å². The smallest absolute Gasteiger partial charge is 0.321 e. The molecule has 3 heterocycles. The topological polar surface area (TPSA) is 91.0 Å². The molecule has 3 rings (SSSR count). The van der Waals surface area contributed by atoms with Crippen molar-refractivity contribution in [1.82, 2.24) is 20.1 Å². The molecule has 0 aromatic carbocycles. The SMILES string of the molecule is CC1CCN(C(=O)Nc2cn[nH]c2-c2nccs2)CCS1=O. The second-order valence-corrected chi connectivity index (χ2v) is 7.97. The lowest BCUT2D eigenvalue weighted by molar-refractivity contribution is 0.215. The number of hydrogen-bond acceptors (Lipinski definition) is 5. The molecule has 0 saturated carbocycles. The summed E-state index contributed by atoms with van der Waals surface area (Å²) in [5, 5.41) is 12.5. The van der Waals surface area contributed by atoms with Crippen molar-refractivity contribution in [2.24, 2.45) is 0 Å². The lowest BCUT2D eigenvalue weighted by Crippen LogP contribution is -2.36. The van der Waals surface area contributed by atoms with Crippen molar-refractivity contribution in [3.8, 4) is 10.7 Å². The van der Waals surface area contributed by atoms with Crippen LogP contribution < -0.4 is 5.32 Å². The maximum Gasteiger partial charge on any atom is 0.321 e. The van der Waals surface area contributed by atoms with Gasteiger partial charge in [0.25, 0.3) is 0 Å². The molecule has 1 saturated heterocycles. The van der Waals surface area contributed by atoms with Crippen LogP contribution in [0.15, 0.2) is 17.8 Å². The van der Waals surface area contributed by atoms with E-state index in [0.717, 1.165) is 11.4 Å². The number of rotatable bonds is 2. The molecule has 7 nitrogen and oxygen atoms in total. The van der Waals surface area contributed by atoms with E-state index in [2.05, 4.69) is 20.5 Å². The number of aromatic amines is 1. The molecule has 2 aromatic heterocycles. The number of nitrogens with zero attached hydrogens (tertiary/aromatic N) is 3. The van der Waals surface area contributed by atoms with Crippen LogP contribution in [-0.2, 0) is 10.8 Å². The molecule has 1 fully saturated rings. The molecule has 0 aliphatic carbocycles. The van der Waals surface area contributed by atoms with Crippen LogP contribution in [0.1, 0.15) is 13.3 Å². The third-order valence-corrected chi connectivity index (χ3v) is 6.14. The van der Waals surface area contributed by atoms with Gasteiger partial charge in [0.05, 0.1) is 11.9 Å².